The monoisotopic (exact) mass is 419 g/mol. The first-order valence-corrected chi connectivity index (χ1v) is 9.73. The van der Waals surface area contributed by atoms with Crippen molar-refractivity contribution >= 4 is 27.8 Å². The van der Waals surface area contributed by atoms with E-state index in [4.69, 9.17) is 11.8 Å². The van der Waals surface area contributed by atoms with Crippen molar-refractivity contribution in [2.75, 3.05) is 0 Å². The zero-order valence-electron chi connectivity index (χ0n) is 14.9. The molecule has 1 aliphatic carbocycles. The number of carboxylic acid groups (broad SMARTS) is 1. The molecule has 2 aromatic rings. The second-order valence-corrected chi connectivity index (χ2v) is 8.48. The molecule has 3 rings (SSSR count). The van der Waals surface area contributed by atoms with E-state index >= 15 is 0 Å². The molecule has 0 saturated heterocycles. The third-order valence-corrected chi connectivity index (χ3v) is 6.60. The quantitative estimate of drug-likeness (QED) is 0.398. The first kappa shape index (κ1) is 24.1. The van der Waals surface area contributed by atoms with Gasteiger partial charge in [-0.1, -0.05) is 30.3 Å². The van der Waals surface area contributed by atoms with Crippen LogP contribution in [0.4, 0.5) is 0 Å². The number of sulfonamides is 1. The van der Waals surface area contributed by atoms with Crippen molar-refractivity contribution < 1.29 is 53.4 Å². The van der Waals surface area contributed by atoms with Crippen molar-refractivity contribution in [3.8, 4) is 0 Å². The molecule has 0 atom stereocenters. The molecule has 0 unspecified atom stereocenters. The minimum absolute atomic E-state index is 0. The van der Waals surface area contributed by atoms with Gasteiger partial charge in [0.1, 0.15) is 0 Å². The van der Waals surface area contributed by atoms with Gasteiger partial charge < -0.3 is 15.4 Å². The van der Waals surface area contributed by atoms with Crippen LogP contribution in [0, 0.1) is 0 Å². The molecule has 0 aromatic heterocycles. The van der Waals surface area contributed by atoms with E-state index in [1.54, 1.807) is 24.3 Å². The predicted molar refractivity (Wildman–Crippen MR) is 95.8 cm³/mol. The summed E-state index contributed by atoms with van der Waals surface area (Å²) in [6.45, 7) is -0.0788. The fourth-order valence-electron chi connectivity index (χ4n) is 3.23. The maximum absolute atomic E-state index is 12.6. The van der Waals surface area contributed by atoms with E-state index in [9.17, 15) is 18.3 Å². The number of rotatable bonds is 6. The summed E-state index contributed by atoms with van der Waals surface area (Å²) >= 11 is 6.13. The van der Waals surface area contributed by atoms with Crippen LogP contribution in [-0.4, -0.2) is 23.7 Å². The summed E-state index contributed by atoms with van der Waals surface area (Å²) in [5.74, 6) is -1.20. The number of carbonyl (C=O) groups excluding carboxylic acids is 1. The fraction of sp³-hybridized carbons (Fsp3) is 0.278. The topological polar surface area (TPSA) is 109 Å². The maximum Gasteiger partial charge on any atom is 1.00 e. The maximum atomic E-state index is 12.6. The molecule has 0 fully saturated rings. The molecule has 27 heavy (non-hydrogen) atoms. The number of fused-ring (bicyclic) bond motifs is 1. The van der Waals surface area contributed by atoms with Crippen LogP contribution in [-0.2, 0) is 40.6 Å². The van der Waals surface area contributed by atoms with Gasteiger partial charge in [0.2, 0.25) is 0 Å². The van der Waals surface area contributed by atoms with Gasteiger partial charge in [0.05, 0.1) is 11.4 Å². The van der Waals surface area contributed by atoms with Crippen molar-refractivity contribution in [2.45, 2.75) is 37.1 Å². The van der Waals surface area contributed by atoms with E-state index in [0.717, 1.165) is 34.2 Å². The number of aryl methyl sites for hydroxylation is 1. The SMILES string of the molecule is O.O=C([O-])Cc1ccc2c(c1CN(Cl)S(=O)(=O)c1ccccc1)CCC2.[Na+]. The number of hydrogen-bond acceptors (Lipinski definition) is 4. The number of benzene rings is 2. The van der Waals surface area contributed by atoms with Crippen LogP contribution in [0.2, 0.25) is 0 Å². The molecule has 140 valence electrons. The largest absolute Gasteiger partial charge is 1.00 e. The Morgan fingerprint density at radius 1 is 1.11 bits per heavy atom. The van der Waals surface area contributed by atoms with Gasteiger partial charge in [0.25, 0.3) is 10.0 Å². The first-order valence-electron chi connectivity index (χ1n) is 7.95. The second-order valence-electron chi connectivity index (χ2n) is 6.01. The van der Waals surface area contributed by atoms with E-state index in [1.807, 2.05) is 6.07 Å². The molecular formula is C18H19ClNNaO5S. The molecule has 2 N–H and O–H groups in total. The first-order chi connectivity index (χ1) is 11.9. The minimum atomic E-state index is -3.86. The normalized spacial score (nSPS) is 12.8. The van der Waals surface area contributed by atoms with Gasteiger partial charge in [0, 0.05) is 12.4 Å². The van der Waals surface area contributed by atoms with Gasteiger partial charge in [0.15, 0.2) is 0 Å². The van der Waals surface area contributed by atoms with Gasteiger partial charge in [-0.15, -0.1) is 3.82 Å². The Morgan fingerprint density at radius 3 is 2.41 bits per heavy atom. The van der Waals surface area contributed by atoms with Crippen molar-refractivity contribution in [3.05, 3.63) is 64.7 Å². The summed E-state index contributed by atoms with van der Waals surface area (Å²) in [5, 5.41) is 11.0. The third kappa shape index (κ3) is 5.32. The molecule has 6 nitrogen and oxygen atoms in total. The molecule has 0 heterocycles. The number of carbonyl (C=O) groups is 1. The number of aliphatic carboxylic acids is 1. The molecule has 0 saturated carbocycles. The number of nitrogens with zero attached hydrogens (tertiary/aromatic N) is 1. The minimum Gasteiger partial charge on any atom is -0.550 e. The summed E-state index contributed by atoms with van der Waals surface area (Å²) in [4.78, 5) is 11.1. The fourth-order valence-corrected chi connectivity index (χ4v) is 4.61. The Bertz CT molecular complexity index is 905. The molecule has 0 bridgehead atoms. The van der Waals surface area contributed by atoms with Crippen LogP contribution in [0.15, 0.2) is 47.4 Å². The van der Waals surface area contributed by atoms with Crippen LogP contribution >= 0.6 is 11.8 Å². The van der Waals surface area contributed by atoms with Crippen LogP contribution in [0.3, 0.4) is 0 Å². The van der Waals surface area contributed by atoms with Crippen molar-refractivity contribution in [3.63, 3.8) is 0 Å². The number of hydrogen-bond donors (Lipinski definition) is 0. The van der Waals surface area contributed by atoms with E-state index in [0.29, 0.717) is 11.1 Å². The molecule has 9 heteroatoms. The second kappa shape index (κ2) is 10.0. The third-order valence-electron chi connectivity index (χ3n) is 4.42. The van der Waals surface area contributed by atoms with E-state index in [2.05, 4.69) is 0 Å². The van der Waals surface area contributed by atoms with E-state index in [-0.39, 0.29) is 52.9 Å². The van der Waals surface area contributed by atoms with E-state index < -0.39 is 16.0 Å². The van der Waals surface area contributed by atoms with Crippen LogP contribution in [0.25, 0.3) is 0 Å². The van der Waals surface area contributed by atoms with Gasteiger partial charge in [-0.05, 0) is 65.4 Å². The van der Waals surface area contributed by atoms with Crippen LogP contribution < -0.4 is 34.7 Å². The molecule has 0 amide bonds. The van der Waals surface area contributed by atoms with E-state index in [1.165, 1.54) is 12.1 Å². The Balaban J connectivity index is 0.00000182. The van der Waals surface area contributed by atoms with Gasteiger partial charge in [-0.25, -0.2) is 8.42 Å². The Labute approximate surface area is 185 Å². The van der Waals surface area contributed by atoms with Crippen molar-refractivity contribution in [1.82, 2.24) is 3.82 Å². The summed E-state index contributed by atoms with van der Waals surface area (Å²) in [7, 11) is -3.86. The smallest absolute Gasteiger partial charge is 0.550 e. The standard InChI is InChI=1S/C18H18ClNO4S.Na.H2O/c19-20(25(23,24)15-6-2-1-3-7-15)12-17-14(11-18(21)22)10-9-13-5-4-8-16(13)17;;/h1-3,6-7,9-10H,4-5,8,11-12H2,(H,21,22);;1H2/q;+1;/p-1. The summed E-state index contributed by atoms with van der Waals surface area (Å²) in [6.07, 6.45) is 2.40. The van der Waals surface area contributed by atoms with Crippen LogP contribution in [0.5, 0.6) is 0 Å². The van der Waals surface area contributed by atoms with Crippen LogP contribution in [0.1, 0.15) is 28.7 Å². The summed E-state index contributed by atoms with van der Waals surface area (Å²) < 4.78 is 26.0. The molecule has 0 aliphatic heterocycles. The molecular weight excluding hydrogens is 401 g/mol. The predicted octanol–water partition coefficient (Wildman–Crippen LogP) is -2.01. The average Bonchev–Trinajstić information content (AvgIpc) is 3.06. The zero-order valence-corrected chi connectivity index (χ0v) is 18.5. The molecule has 1 aliphatic rings. The average molecular weight is 420 g/mol. The molecule has 0 radical (unpaired) electrons. The summed E-state index contributed by atoms with van der Waals surface area (Å²) in [6, 6.07) is 11.6. The van der Waals surface area contributed by atoms with Gasteiger partial charge in [-0.3, -0.25) is 0 Å². The molecule has 0 spiro atoms. The van der Waals surface area contributed by atoms with Crippen molar-refractivity contribution in [2.24, 2.45) is 0 Å². The number of halogens is 1. The van der Waals surface area contributed by atoms with Gasteiger partial charge >= 0.3 is 29.6 Å². The summed E-state index contributed by atoms with van der Waals surface area (Å²) in [5.41, 5.74) is 3.36. The molecule has 2 aromatic carbocycles. The Kier molecular flexibility index (Phi) is 8.95. The zero-order chi connectivity index (χ0) is 18.0. The van der Waals surface area contributed by atoms with Crippen molar-refractivity contribution in [1.29, 1.82) is 0 Å². The Hall–Kier alpha value is -0.930. The Morgan fingerprint density at radius 2 is 1.78 bits per heavy atom. The van der Waals surface area contributed by atoms with Gasteiger partial charge in [-0.2, -0.15) is 0 Å². The number of carboxylic acids is 1.